The van der Waals surface area contributed by atoms with Crippen LogP contribution in [0.5, 0.6) is 0 Å². The second-order valence-electron chi connectivity index (χ2n) is 5.20. The Hall–Kier alpha value is -2.09. The van der Waals surface area contributed by atoms with Crippen molar-refractivity contribution < 1.29 is 9.90 Å². The van der Waals surface area contributed by atoms with Gasteiger partial charge in [-0.2, -0.15) is 5.26 Å². The molecule has 2 unspecified atom stereocenters. The minimum absolute atomic E-state index is 0.171. The molecule has 2 atom stereocenters. The summed E-state index contributed by atoms with van der Waals surface area (Å²) in [6.07, 6.45) is 6.52. The smallest absolute Gasteiger partial charge is 0.311 e. The standard InChI is InChI=1S/C14H17N3O2/c1-14(13(18)19)6-3-2-4-12(14)17-11-9-16-7-5-10(11)8-15/h5,7,9,12,17H,2-4,6H2,1H3,(H,18,19). The number of pyridine rings is 1. The average molecular weight is 259 g/mol. The molecule has 1 aromatic rings. The molecule has 0 bridgehead atoms. The number of nitrogens with one attached hydrogen (secondary N) is 1. The van der Waals surface area contributed by atoms with Crippen LogP contribution in [0.2, 0.25) is 0 Å². The molecule has 5 nitrogen and oxygen atoms in total. The van der Waals surface area contributed by atoms with Crippen LogP contribution < -0.4 is 5.32 Å². The first-order valence-corrected chi connectivity index (χ1v) is 6.42. The van der Waals surface area contributed by atoms with Crippen LogP contribution in [0.25, 0.3) is 0 Å². The Balaban J connectivity index is 2.26. The molecule has 1 saturated carbocycles. The molecule has 0 aromatic carbocycles. The van der Waals surface area contributed by atoms with E-state index in [1.54, 1.807) is 25.4 Å². The van der Waals surface area contributed by atoms with Crippen molar-refractivity contribution in [1.29, 1.82) is 5.26 Å². The zero-order chi connectivity index (χ0) is 13.9. The van der Waals surface area contributed by atoms with Gasteiger partial charge in [-0.3, -0.25) is 9.78 Å². The third-order valence-corrected chi connectivity index (χ3v) is 3.97. The van der Waals surface area contributed by atoms with Gasteiger partial charge < -0.3 is 10.4 Å². The fraction of sp³-hybridized carbons (Fsp3) is 0.500. The van der Waals surface area contributed by atoms with Crippen LogP contribution in [0, 0.1) is 16.7 Å². The topological polar surface area (TPSA) is 86.0 Å². The van der Waals surface area contributed by atoms with Crippen molar-refractivity contribution in [2.45, 2.75) is 38.6 Å². The number of nitriles is 1. The maximum Gasteiger partial charge on any atom is 0.311 e. The zero-order valence-corrected chi connectivity index (χ0v) is 10.9. The number of hydrogen-bond donors (Lipinski definition) is 2. The number of hydrogen-bond acceptors (Lipinski definition) is 4. The van der Waals surface area contributed by atoms with Crippen molar-refractivity contribution in [1.82, 2.24) is 4.98 Å². The van der Waals surface area contributed by atoms with Crippen molar-refractivity contribution in [3.05, 3.63) is 24.0 Å². The van der Waals surface area contributed by atoms with E-state index < -0.39 is 11.4 Å². The van der Waals surface area contributed by atoms with Crippen LogP contribution in [0.15, 0.2) is 18.5 Å². The first-order chi connectivity index (χ1) is 9.08. The van der Waals surface area contributed by atoms with Crippen LogP contribution >= 0.6 is 0 Å². The van der Waals surface area contributed by atoms with Gasteiger partial charge in [-0.1, -0.05) is 12.8 Å². The molecule has 1 fully saturated rings. The molecule has 0 radical (unpaired) electrons. The van der Waals surface area contributed by atoms with E-state index in [9.17, 15) is 9.90 Å². The molecular formula is C14H17N3O2. The Morgan fingerprint density at radius 3 is 3.11 bits per heavy atom. The molecule has 1 aliphatic carbocycles. The van der Waals surface area contributed by atoms with Gasteiger partial charge in [0.05, 0.1) is 22.9 Å². The summed E-state index contributed by atoms with van der Waals surface area (Å²) in [5.41, 5.74) is 0.318. The highest BCUT2D eigenvalue weighted by Gasteiger charge is 2.43. The molecule has 5 heteroatoms. The van der Waals surface area contributed by atoms with Gasteiger partial charge in [0.2, 0.25) is 0 Å². The van der Waals surface area contributed by atoms with Gasteiger partial charge in [-0.05, 0) is 25.8 Å². The van der Waals surface area contributed by atoms with E-state index in [4.69, 9.17) is 5.26 Å². The van der Waals surface area contributed by atoms with E-state index in [1.165, 1.54) is 0 Å². The van der Waals surface area contributed by atoms with Crippen molar-refractivity contribution in [3.63, 3.8) is 0 Å². The highest BCUT2D eigenvalue weighted by Crippen LogP contribution is 2.38. The summed E-state index contributed by atoms with van der Waals surface area (Å²) in [7, 11) is 0. The van der Waals surface area contributed by atoms with E-state index in [1.807, 2.05) is 0 Å². The minimum atomic E-state index is -0.791. The number of nitrogens with zero attached hydrogens (tertiary/aromatic N) is 2. The quantitative estimate of drug-likeness (QED) is 0.870. The molecule has 1 aromatic heterocycles. The van der Waals surface area contributed by atoms with Crippen molar-refractivity contribution in [3.8, 4) is 6.07 Å². The van der Waals surface area contributed by atoms with Crippen molar-refractivity contribution >= 4 is 11.7 Å². The number of carboxylic acids is 1. The lowest BCUT2D eigenvalue weighted by molar-refractivity contribution is -0.150. The first-order valence-electron chi connectivity index (χ1n) is 6.42. The normalized spacial score (nSPS) is 26.4. The fourth-order valence-electron chi connectivity index (χ4n) is 2.62. The SMILES string of the molecule is CC1(C(=O)O)CCCCC1Nc1cnccc1C#N. The monoisotopic (exact) mass is 259 g/mol. The number of aromatic nitrogens is 1. The maximum atomic E-state index is 11.5. The third-order valence-electron chi connectivity index (χ3n) is 3.97. The molecule has 0 saturated heterocycles. The predicted molar refractivity (Wildman–Crippen MR) is 70.6 cm³/mol. The van der Waals surface area contributed by atoms with Crippen LogP contribution in [-0.4, -0.2) is 22.1 Å². The van der Waals surface area contributed by atoms with Crippen LogP contribution in [0.4, 0.5) is 5.69 Å². The van der Waals surface area contributed by atoms with E-state index in [-0.39, 0.29) is 6.04 Å². The molecular weight excluding hydrogens is 242 g/mol. The van der Waals surface area contributed by atoms with E-state index in [2.05, 4.69) is 16.4 Å². The van der Waals surface area contributed by atoms with Gasteiger partial charge in [-0.15, -0.1) is 0 Å². The number of carboxylic acid groups (broad SMARTS) is 1. The van der Waals surface area contributed by atoms with Gasteiger partial charge in [0.15, 0.2) is 0 Å². The third kappa shape index (κ3) is 2.53. The summed E-state index contributed by atoms with van der Waals surface area (Å²) in [6.45, 7) is 1.77. The van der Waals surface area contributed by atoms with Crippen molar-refractivity contribution in [2.75, 3.05) is 5.32 Å². The van der Waals surface area contributed by atoms with Crippen molar-refractivity contribution in [2.24, 2.45) is 5.41 Å². The van der Waals surface area contributed by atoms with Gasteiger partial charge in [0.1, 0.15) is 6.07 Å². The Morgan fingerprint density at radius 2 is 2.42 bits per heavy atom. The molecule has 1 aliphatic rings. The van der Waals surface area contributed by atoms with E-state index >= 15 is 0 Å². The molecule has 0 spiro atoms. The zero-order valence-electron chi connectivity index (χ0n) is 10.9. The van der Waals surface area contributed by atoms with Gasteiger partial charge in [-0.25, -0.2) is 0 Å². The summed E-state index contributed by atoms with van der Waals surface area (Å²) < 4.78 is 0. The molecule has 1 heterocycles. The average Bonchev–Trinajstić information content (AvgIpc) is 2.42. The Morgan fingerprint density at radius 1 is 1.63 bits per heavy atom. The molecule has 100 valence electrons. The number of carbonyl (C=O) groups is 1. The van der Waals surface area contributed by atoms with Gasteiger partial charge >= 0.3 is 5.97 Å². The molecule has 2 rings (SSSR count). The van der Waals surface area contributed by atoms with Crippen LogP contribution in [0.1, 0.15) is 38.2 Å². The second-order valence-corrected chi connectivity index (χ2v) is 5.20. The summed E-state index contributed by atoms with van der Waals surface area (Å²) in [5, 5.41) is 21.7. The maximum absolute atomic E-state index is 11.5. The summed E-state index contributed by atoms with van der Waals surface area (Å²) in [6, 6.07) is 3.55. The van der Waals surface area contributed by atoms with E-state index in [0.29, 0.717) is 17.7 Å². The fourth-order valence-corrected chi connectivity index (χ4v) is 2.62. The highest BCUT2D eigenvalue weighted by molar-refractivity contribution is 5.76. The van der Waals surface area contributed by atoms with Gasteiger partial charge in [0, 0.05) is 12.2 Å². The minimum Gasteiger partial charge on any atom is -0.481 e. The largest absolute Gasteiger partial charge is 0.481 e. The number of rotatable bonds is 3. The molecule has 0 amide bonds. The predicted octanol–water partition coefficient (Wildman–Crippen LogP) is 2.40. The summed E-state index contributed by atoms with van der Waals surface area (Å²) in [4.78, 5) is 15.5. The Labute approximate surface area is 112 Å². The molecule has 19 heavy (non-hydrogen) atoms. The summed E-state index contributed by atoms with van der Waals surface area (Å²) >= 11 is 0. The van der Waals surface area contributed by atoms with Gasteiger partial charge in [0.25, 0.3) is 0 Å². The first kappa shape index (κ1) is 13.3. The summed E-state index contributed by atoms with van der Waals surface area (Å²) in [5.74, 6) is -0.785. The second kappa shape index (κ2) is 5.27. The van der Waals surface area contributed by atoms with Crippen LogP contribution in [-0.2, 0) is 4.79 Å². The Bertz CT molecular complexity index is 524. The molecule has 2 N–H and O–H groups in total. The van der Waals surface area contributed by atoms with Crippen LogP contribution in [0.3, 0.4) is 0 Å². The van der Waals surface area contributed by atoms with E-state index in [0.717, 1.165) is 19.3 Å². The highest BCUT2D eigenvalue weighted by atomic mass is 16.4. The number of aliphatic carboxylic acids is 1. The lowest BCUT2D eigenvalue weighted by atomic mass is 9.71. The number of anilines is 1. The lowest BCUT2D eigenvalue weighted by Gasteiger charge is -2.39. The lowest BCUT2D eigenvalue weighted by Crippen LogP contribution is -2.46. The Kier molecular flexibility index (Phi) is 3.70. The molecule has 0 aliphatic heterocycles.